The lowest BCUT2D eigenvalue weighted by molar-refractivity contribution is 0.124. The molecule has 1 aromatic carbocycles. The van der Waals surface area contributed by atoms with Crippen molar-refractivity contribution >= 4 is 10.9 Å². The molecule has 3 atom stereocenters. The smallest absolute Gasteiger partial charge is 0.119 e. The van der Waals surface area contributed by atoms with Gasteiger partial charge in [-0.15, -0.1) is 6.58 Å². The zero-order chi connectivity index (χ0) is 17.8. The molecule has 2 heterocycles. The van der Waals surface area contributed by atoms with Crippen LogP contribution in [0.1, 0.15) is 30.9 Å². The molecule has 1 aromatic heterocycles. The molecule has 0 saturated carbocycles. The Hall–Kier alpha value is -1.91. The fraction of sp³-hybridized carbons (Fsp3) is 0.476. The number of aliphatic hydroxyl groups is 1. The summed E-state index contributed by atoms with van der Waals surface area (Å²) in [6.45, 7) is 6.20. The van der Waals surface area contributed by atoms with Crippen LogP contribution in [0.4, 0.5) is 0 Å². The van der Waals surface area contributed by atoms with E-state index in [-0.39, 0.29) is 0 Å². The van der Waals surface area contributed by atoms with Gasteiger partial charge in [-0.1, -0.05) is 6.08 Å². The van der Waals surface area contributed by atoms with Crippen LogP contribution in [0.5, 0.6) is 5.75 Å². The van der Waals surface area contributed by atoms with E-state index < -0.39 is 6.10 Å². The molecule has 4 heteroatoms. The van der Waals surface area contributed by atoms with Gasteiger partial charge >= 0.3 is 0 Å². The Morgan fingerprint density at radius 1 is 1.44 bits per heavy atom. The van der Waals surface area contributed by atoms with Gasteiger partial charge in [-0.2, -0.15) is 0 Å². The number of aliphatic hydroxyl groups excluding tert-OH is 1. The minimum atomic E-state index is -0.484. The quantitative estimate of drug-likeness (QED) is 0.812. The van der Waals surface area contributed by atoms with Crippen molar-refractivity contribution in [3.8, 4) is 5.75 Å². The van der Waals surface area contributed by atoms with Crippen molar-refractivity contribution in [2.75, 3.05) is 27.2 Å². The second kappa shape index (κ2) is 7.98. The van der Waals surface area contributed by atoms with E-state index in [2.05, 4.69) is 29.6 Å². The predicted octanol–water partition coefficient (Wildman–Crippen LogP) is 3.81. The highest BCUT2D eigenvalue weighted by Crippen LogP contribution is 2.33. The van der Waals surface area contributed by atoms with E-state index in [4.69, 9.17) is 4.74 Å². The summed E-state index contributed by atoms with van der Waals surface area (Å²) in [7, 11) is 3.82. The van der Waals surface area contributed by atoms with Crippen LogP contribution in [-0.4, -0.2) is 42.2 Å². The first-order valence-electron chi connectivity index (χ1n) is 9.04. The molecule has 1 aliphatic rings. The van der Waals surface area contributed by atoms with Crippen LogP contribution < -0.4 is 4.74 Å². The average Bonchev–Trinajstić information content (AvgIpc) is 2.65. The Morgan fingerprint density at radius 3 is 3.04 bits per heavy atom. The summed E-state index contributed by atoms with van der Waals surface area (Å²) < 4.78 is 5.33. The predicted molar refractivity (Wildman–Crippen MR) is 102 cm³/mol. The molecule has 1 aliphatic heterocycles. The number of hydrogen-bond acceptors (Lipinski definition) is 4. The van der Waals surface area contributed by atoms with Gasteiger partial charge in [0.05, 0.1) is 18.7 Å². The minimum absolute atomic E-state index is 0.484. The van der Waals surface area contributed by atoms with Crippen LogP contribution in [0.3, 0.4) is 0 Å². The van der Waals surface area contributed by atoms with E-state index in [0.717, 1.165) is 48.1 Å². The average molecular weight is 340 g/mol. The maximum atomic E-state index is 10.8. The fourth-order valence-electron chi connectivity index (χ4n) is 3.92. The maximum absolute atomic E-state index is 10.8. The summed E-state index contributed by atoms with van der Waals surface area (Å²) >= 11 is 0. The van der Waals surface area contributed by atoms with Crippen LogP contribution in [0, 0.1) is 11.8 Å². The van der Waals surface area contributed by atoms with Crippen molar-refractivity contribution in [3.63, 3.8) is 0 Å². The first-order valence-corrected chi connectivity index (χ1v) is 9.04. The molecule has 1 unspecified atom stereocenters. The fourth-order valence-corrected chi connectivity index (χ4v) is 3.92. The highest BCUT2D eigenvalue weighted by molar-refractivity contribution is 5.83. The molecule has 0 bridgehead atoms. The Balaban J connectivity index is 1.74. The molecule has 2 aromatic rings. The molecule has 1 saturated heterocycles. The summed E-state index contributed by atoms with van der Waals surface area (Å²) in [5.41, 5.74) is 1.83. The van der Waals surface area contributed by atoms with Crippen molar-refractivity contribution in [1.29, 1.82) is 0 Å². The molecule has 0 radical (unpaired) electrons. The molecule has 0 aliphatic carbocycles. The number of hydrogen-bond donors (Lipinski definition) is 1. The highest BCUT2D eigenvalue weighted by atomic mass is 16.5. The van der Waals surface area contributed by atoms with Crippen molar-refractivity contribution in [2.45, 2.75) is 25.4 Å². The van der Waals surface area contributed by atoms with E-state index in [9.17, 15) is 5.11 Å². The van der Waals surface area contributed by atoms with E-state index in [1.54, 1.807) is 13.3 Å². The SMILES string of the molecule is C=C[C@@H]1CN(C)CCC1CC[C@@H](O)c1ccnc2ccc(OC)cc12. The van der Waals surface area contributed by atoms with Gasteiger partial charge in [0.2, 0.25) is 0 Å². The van der Waals surface area contributed by atoms with Crippen molar-refractivity contribution in [3.05, 3.63) is 48.7 Å². The van der Waals surface area contributed by atoms with Crippen molar-refractivity contribution < 1.29 is 9.84 Å². The van der Waals surface area contributed by atoms with Crippen molar-refractivity contribution in [2.24, 2.45) is 11.8 Å². The number of aromatic nitrogens is 1. The summed E-state index contributed by atoms with van der Waals surface area (Å²) in [4.78, 5) is 6.76. The zero-order valence-electron chi connectivity index (χ0n) is 15.2. The third-order valence-electron chi connectivity index (χ3n) is 5.46. The second-order valence-electron chi connectivity index (χ2n) is 7.09. The number of ether oxygens (including phenoxy) is 1. The van der Waals surface area contributed by atoms with Crippen LogP contribution in [0.2, 0.25) is 0 Å². The summed E-state index contributed by atoms with van der Waals surface area (Å²) in [5.74, 6) is 1.90. The highest BCUT2D eigenvalue weighted by Gasteiger charge is 2.26. The molecular weight excluding hydrogens is 312 g/mol. The molecule has 25 heavy (non-hydrogen) atoms. The maximum Gasteiger partial charge on any atom is 0.119 e. The van der Waals surface area contributed by atoms with Crippen LogP contribution in [0.15, 0.2) is 43.1 Å². The lowest BCUT2D eigenvalue weighted by Gasteiger charge is -2.35. The second-order valence-corrected chi connectivity index (χ2v) is 7.09. The Bertz CT molecular complexity index is 731. The molecule has 134 valence electrons. The number of likely N-dealkylation sites (tertiary alicyclic amines) is 1. The minimum Gasteiger partial charge on any atom is -0.497 e. The van der Waals surface area contributed by atoms with Crippen LogP contribution in [-0.2, 0) is 0 Å². The monoisotopic (exact) mass is 340 g/mol. The lowest BCUT2D eigenvalue weighted by Crippen LogP contribution is -2.37. The topological polar surface area (TPSA) is 45.6 Å². The number of pyridine rings is 1. The summed E-state index contributed by atoms with van der Waals surface area (Å²) in [6, 6.07) is 7.73. The zero-order valence-corrected chi connectivity index (χ0v) is 15.2. The van der Waals surface area contributed by atoms with Gasteiger partial charge in [0.1, 0.15) is 5.75 Å². The molecule has 1 fully saturated rings. The molecule has 1 N–H and O–H groups in total. The number of rotatable bonds is 6. The Kier molecular flexibility index (Phi) is 5.71. The normalized spacial score (nSPS) is 22.7. The number of fused-ring (bicyclic) bond motifs is 1. The largest absolute Gasteiger partial charge is 0.497 e. The number of benzene rings is 1. The molecule has 4 nitrogen and oxygen atoms in total. The van der Waals surface area contributed by atoms with Gasteiger partial charge in [-0.05, 0) is 74.5 Å². The van der Waals surface area contributed by atoms with Gasteiger partial charge in [0.25, 0.3) is 0 Å². The number of methoxy groups -OCH3 is 1. The Labute approximate surface area is 150 Å². The summed E-state index contributed by atoms with van der Waals surface area (Å²) in [5, 5.41) is 11.8. The molecular formula is C21H28N2O2. The van der Waals surface area contributed by atoms with E-state index in [1.165, 1.54) is 6.42 Å². The van der Waals surface area contributed by atoms with E-state index in [1.807, 2.05) is 24.3 Å². The number of piperidine rings is 1. The van der Waals surface area contributed by atoms with E-state index >= 15 is 0 Å². The van der Waals surface area contributed by atoms with Gasteiger partial charge in [-0.25, -0.2) is 0 Å². The standard InChI is InChI=1S/C21H28N2O2/c1-4-15-14-23(2)12-10-16(15)5-8-21(24)18-9-11-22-20-7-6-17(25-3)13-19(18)20/h4,6-7,9,11,13,15-16,21,24H,1,5,8,10,12,14H2,2-3H3/t15-,16?,21-/m1/s1. The van der Waals surface area contributed by atoms with Crippen LogP contribution in [0.25, 0.3) is 10.9 Å². The third-order valence-corrected chi connectivity index (χ3v) is 5.46. The molecule has 0 amide bonds. The summed E-state index contributed by atoms with van der Waals surface area (Å²) in [6.07, 6.45) is 6.32. The van der Waals surface area contributed by atoms with Gasteiger partial charge in [0.15, 0.2) is 0 Å². The number of nitrogens with zero attached hydrogens (tertiary/aromatic N) is 2. The van der Waals surface area contributed by atoms with E-state index in [0.29, 0.717) is 11.8 Å². The molecule has 3 rings (SSSR count). The van der Waals surface area contributed by atoms with Gasteiger partial charge < -0.3 is 14.7 Å². The van der Waals surface area contributed by atoms with Gasteiger partial charge in [0, 0.05) is 18.1 Å². The Morgan fingerprint density at radius 2 is 2.28 bits per heavy atom. The molecule has 0 spiro atoms. The van der Waals surface area contributed by atoms with Crippen LogP contribution >= 0.6 is 0 Å². The first kappa shape index (κ1) is 17.9. The first-order chi connectivity index (χ1) is 12.1. The lowest BCUT2D eigenvalue weighted by atomic mass is 9.81. The van der Waals surface area contributed by atoms with Crippen molar-refractivity contribution in [1.82, 2.24) is 9.88 Å². The third kappa shape index (κ3) is 4.02. The van der Waals surface area contributed by atoms with Gasteiger partial charge in [-0.3, -0.25) is 4.98 Å².